The number of morpholine rings is 1. The van der Waals surface area contributed by atoms with Gasteiger partial charge in [0.1, 0.15) is 11.4 Å². The Morgan fingerprint density at radius 2 is 2.00 bits per heavy atom. The van der Waals surface area contributed by atoms with Crippen molar-refractivity contribution in [2.45, 2.75) is 45.0 Å². The van der Waals surface area contributed by atoms with E-state index >= 15 is 0 Å². The van der Waals surface area contributed by atoms with Crippen molar-refractivity contribution in [3.05, 3.63) is 48.2 Å². The molecular formula is C22H27N3O3. The number of rotatable bonds is 2. The number of benzene rings is 1. The van der Waals surface area contributed by atoms with Gasteiger partial charge in [0.25, 0.3) is 0 Å². The number of anilines is 1. The third kappa shape index (κ3) is 3.62. The van der Waals surface area contributed by atoms with Crippen molar-refractivity contribution in [3.63, 3.8) is 0 Å². The normalized spacial score (nSPS) is 27.2. The Bertz CT molecular complexity index is 857. The Hall–Kier alpha value is -2.44. The zero-order valence-electron chi connectivity index (χ0n) is 16.6. The van der Waals surface area contributed by atoms with Crippen LogP contribution in [-0.4, -0.2) is 53.4 Å². The van der Waals surface area contributed by atoms with E-state index in [0.29, 0.717) is 25.5 Å². The number of aromatic nitrogens is 1. The molecule has 1 N–H and O–H groups in total. The Kier molecular flexibility index (Phi) is 5.08. The maximum Gasteiger partial charge on any atom is 0.323 e. The van der Waals surface area contributed by atoms with Gasteiger partial charge in [-0.15, -0.1) is 0 Å². The molecule has 2 aliphatic rings. The highest BCUT2D eigenvalue weighted by molar-refractivity contribution is 5.88. The molecule has 0 radical (unpaired) electrons. The average Bonchev–Trinajstić information content (AvgIpc) is 3.01. The molecule has 0 bridgehead atoms. The first-order chi connectivity index (χ1) is 13.5. The molecule has 0 saturated carbocycles. The van der Waals surface area contributed by atoms with Gasteiger partial charge in [-0.05, 0) is 38.5 Å². The number of carbonyl (C=O) groups excluding carboxylic acids is 1. The predicted octanol–water partition coefficient (Wildman–Crippen LogP) is 3.86. The molecule has 3 atom stereocenters. The number of nitrogens with one attached hydrogen (secondary N) is 1. The van der Waals surface area contributed by atoms with Crippen molar-refractivity contribution in [1.29, 1.82) is 0 Å². The van der Waals surface area contributed by atoms with Gasteiger partial charge in [0.15, 0.2) is 0 Å². The number of hydrogen-bond donors (Lipinski definition) is 1. The van der Waals surface area contributed by atoms with Crippen LogP contribution in [0.15, 0.2) is 42.5 Å². The van der Waals surface area contributed by atoms with Crippen molar-refractivity contribution in [1.82, 2.24) is 9.88 Å². The quantitative estimate of drug-likeness (QED) is 0.858. The topological polar surface area (TPSA) is 63.7 Å². The monoisotopic (exact) mass is 381 g/mol. The van der Waals surface area contributed by atoms with E-state index in [0.717, 1.165) is 23.2 Å². The zero-order chi connectivity index (χ0) is 19.7. The molecule has 6 heteroatoms. The van der Waals surface area contributed by atoms with Crippen LogP contribution in [0.25, 0.3) is 11.1 Å². The molecular weight excluding hydrogens is 354 g/mol. The standard InChI is InChI=1S/C22H27N3O3/c1-15-13-25(14-22(28-15)11-12-27-17(22)3)21(26)24-20-10-9-19(16(2)23-20)18-7-5-4-6-8-18/h4-10,15,17H,11-14H2,1-3H3,(H,23,24,26). The molecule has 6 nitrogen and oxygen atoms in total. The van der Waals surface area contributed by atoms with Crippen LogP contribution in [0.1, 0.15) is 26.0 Å². The minimum atomic E-state index is -0.407. The highest BCUT2D eigenvalue weighted by atomic mass is 16.6. The maximum absolute atomic E-state index is 12.9. The minimum absolute atomic E-state index is 0.0175. The summed E-state index contributed by atoms with van der Waals surface area (Å²) in [6.45, 7) is 7.75. The number of nitrogens with zero attached hydrogens (tertiary/aromatic N) is 2. The van der Waals surface area contributed by atoms with Crippen molar-refractivity contribution >= 4 is 11.8 Å². The molecule has 2 fully saturated rings. The van der Waals surface area contributed by atoms with Crippen LogP contribution >= 0.6 is 0 Å². The molecule has 2 saturated heterocycles. The van der Waals surface area contributed by atoms with Crippen molar-refractivity contribution in [2.24, 2.45) is 0 Å². The SMILES string of the molecule is Cc1nc(NC(=O)N2CC(C)OC3(CCOC3C)C2)ccc1-c1ccccc1. The van der Waals surface area contributed by atoms with Gasteiger partial charge in [0.05, 0.1) is 18.8 Å². The molecule has 1 spiro atoms. The van der Waals surface area contributed by atoms with Gasteiger partial charge >= 0.3 is 6.03 Å². The molecule has 3 unspecified atom stereocenters. The van der Waals surface area contributed by atoms with E-state index in [1.807, 2.05) is 56.0 Å². The van der Waals surface area contributed by atoms with Crippen LogP contribution in [-0.2, 0) is 9.47 Å². The van der Waals surface area contributed by atoms with Crippen molar-refractivity contribution in [3.8, 4) is 11.1 Å². The fourth-order valence-electron chi connectivity index (χ4n) is 4.20. The first-order valence-corrected chi connectivity index (χ1v) is 9.85. The number of urea groups is 1. The molecule has 1 aromatic heterocycles. The van der Waals surface area contributed by atoms with E-state index in [1.165, 1.54) is 0 Å². The molecule has 28 heavy (non-hydrogen) atoms. The molecule has 4 rings (SSSR count). The largest absolute Gasteiger partial charge is 0.375 e. The van der Waals surface area contributed by atoms with E-state index in [2.05, 4.69) is 22.4 Å². The van der Waals surface area contributed by atoms with E-state index < -0.39 is 5.60 Å². The second-order valence-corrected chi connectivity index (χ2v) is 7.76. The summed E-state index contributed by atoms with van der Waals surface area (Å²) in [5.41, 5.74) is 2.66. The predicted molar refractivity (Wildman–Crippen MR) is 108 cm³/mol. The summed E-state index contributed by atoms with van der Waals surface area (Å²) in [5, 5.41) is 2.95. The lowest BCUT2D eigenvalue weighted by molar-refractivity contribution is -0.159. The van der Waals surface area contributed by atoms with Gasteiger partial charge < -0.3 is 14.4 Å². The van der Waals surface area contributed by atoms with E-state index in [-0.39, 0.29) is 18.2 Å². The highest BCUT2D eigenvalue weighted by Crippen LogP contribution is 2.35. The first-order valence-electron chi connectivity index (χ1n) is 9.85. The van der Waals surface area contributed by atoms with Gasteiger partial charge in [-0.3, -0.25) is 5.32 Å². The third-order valence-electron chi connectivity index (χ3n) is 5.70. The molecule has 1 aromatic carbocycles. The Morgan fingerprint density at radius 1 is 1.21 bits per heavy atom. The summed E-state index contributed by atoms with van der Waals surface area (Å²) in [4.78, 5) is 19.3. The molecule has 0 aliphatic carbocycles. The lowest BCUT2D eigenvalue weighted by Gasteiger charge is -2.44. The minimum Gasteiger partial charge on any atom is -0.375 e. The lowest BCUT2D eigenvalue weighted by Crippen LogP contribution is -2.60. The Morgan fingerprint density at radius 3 is 2.68 bits per heavy atom. The lowest BCUT2D eigenvalue weighted by atomic mass is 9.93. The second kappa shape index (κ2) is 7.53. The van der Waals surface area contributed by atoms with E-state index in [1.54, 1.807) is 0 Å². The van der Waals surface area contributed by atoms with Crippen LogP contribution in [0.3, 0.4) is 0 Å². The van der Waals surface area contributed by atoms with Crippen molar-refractivity contribution in [2.75, 3.05) is 25.0 Å². The number of hydrogen-bond acceptors (Lipinski definition) is 4. The van der Waals surface area contributed by atoms with Crippen LogP contribution in [0, 0.1) is 6.92 Å². The molecule has 2 aromatic rings. The second-order valence-electron chi connectivity index (χ2n) is 7.76. The van der Waals surface area contributed by atoms with Gasteiger partial charge in [-0.2, -0.15) is 0 Å². The summed E-state index contributed by atoms with van der Waals surface area (Å²) in [7, 11) is 0. The van der Waals surface area contributed by atoms with E-state index in [9.17, 15) is 4.79 Å². The highest BCUT2D eigenvalue weighted by Gasteiger charge is 2.48. The van der Waals surface area contributed by atoms with Crippen LogP contribution in [0.5, 0.6) is 0 Å². The number of carbonyl (C=O) groups is 1. The smallest absolute Gasteiger partial charge is 0.323 e. The summed E-state index contributed by atoms with van der Waals surface area (Å²) < 4.78 is 11.9. The Labute approximate surface area is 165 Å². The summed E-state index contributed by atoms with van der Waals surface area (Å²) in [5.74, 6) is 0.561. The Balaban J connectivity index is 1.48. The maximum atomic E-state index is 12.9. The van der Waals surface area contributed by atoms with Gasteiger partial charge in [0.2, 0.25) is 0 Å². The van der Waals surface area contributed by atoms with Crippen molar-refractivity contribution < 1.29 is 14.3 Å². The fraction of sp³-hybridized carbons (Fsp3) is 0.455. The zero-order valence-corrected chi connectivity index (χ0v) is 16.6. The van der Waals surface area contributed by atoms with Gasteiger partial charge in [-0.25, -0.2) is 9.78 Å². The van der Waals surface area contributed by atoms with Gasteiger partial charge in [0, 0.05) is 30.8 Å². The van der Waals surface area contributed by atoms with Crippen LogP contribution < -0.4 is 5.32 Å². The molecule has 3 heterocycles. The summed E-state index contributed by atoms with van der Waals surface area (Å²) >= 11 is 0. The number of pyridine rings is 1. The van der Waals surface area contributed by atoms with E-state index in [4.69, 9.17) is 9.47 Å². The summed E-state index contributed by atoms with van der Waals surface area (Å²) in [6, 6.07) is 13.8. The first kappa shape index (κ1) is 18.9. The van der Waals surface area contributed by atoms with Crippen LogP contribution in [0.2, 0.25) is 0 Å². The number of ether oxygens (including phenoxy) is 2. The average molecular weight is 381 g/mol. The fourth-order valence-corrected chi connectivity index (χ4v) is 4.20. The molecule has 2 amide bonds. The number of aryl methyl sites for hydroxylation is 1. The number of amides is 2. The summed E-state index contributed by atoms with van der Waals surface area (Å²) in [6.07, 6.45) is 0.765. The third-order valence-corrected chi connectivity index (χ3v) is 5.70. The molecule has 148 valence electrons. The van der Waals surface area contributed by atoms with Gasteiger partial charge in [-0.1, -0.05) is 30.3 Å². The van der Waals surface area contributed by atoms with Crippen LogP contribution in [0.4, 0.5) is 10.6 Å². The molecule has 2 aliphatic heterocycles.